The number of nitrogens with zero attached hydrogens (tertiary/aromatic N) is 4. The number of phenolic OH excluding ortho intramolecular Hbond substituents is 1. The molecular weight excluding hydrogens is 284 g/mol. The SMILES string of the molecule is Oc1cccc(Cc2nn3c(C4CCCC4)nnc3s2)c1. The minimum atomic E-state index is 0.294. The van der Waals surface area contributed by atoms with Crippen LogP contribution in [0.3, 0.4) is 0 Å². The van der Waals surface area contributed by atoms with Gasteiger partial charge in [0.1, 0.15) is 10.8 Å². The van der Waals surface area contributed by atoms with Crippen LogP contribution in [0, 0.1) is 0 Å². The van der Waals surface area contributed by atoms with Crippen molar-refractivity contribution in [2.24, 2.45) is 0 Å². The second-order valence-corrected chi connectivity index (χ2v) is 6.62. The summed E-state index contributed by atoms with van der Waals surface area (Å²) in [6, 6.07) is 7.31. The first-order valence-corrected chi connectivity index (χ1v) is 8.10. The molecule has 4 rings (SSSR count). The second-order valence-electron chi connectivity index (χ2n) is 5.58. The maximum Gasteiger partial charge on any atom is 0.234 e. The first-order valence-electron chi connectivity index (χ1n) is 7.28. The van der Waals surface area contributed by atoms with Crippen LogP contribution >= 0.6 is 11.3 Å². The van der Waals surface area contributed by atoms with Gasteiger partial charge in [-0.2, -0.15) is 9.61 Å². The summed E-state index contributed by atoms with van der Waals surface area (Å²) in [5.74, 6) is 1.82. The van der Waals surface area contributed by atoms with Gasteiger partial charge >= 0.3 is 0 Å². The highest BCUT2D eigenvalue weighted by molar-refractivity contribution is 7.16. The van der Waals surface area contributed by atoms with Crippen molar-refractivity contribution in [2.75, 3.05) is 0 Å². The lowest BCUT2D eigenvalue weighted by molar-refractivity contribution is 0.474. The van der Waals surface area contributed by atoms with E-state index >= 15 is 0 Å². The predicted molar refractivity (Wildman–Crippen MR) is 80.8 cm³/mol. The van der Waals surface area contributed by atoms with E-state index in [1.54, 1.807) is 23.5 Å². The quantitative estimate of drug-likeness (QED) is 0.807. The van der Waals surface area contributed by atoms with Gasteiger partial charge in [0.2, 0.25) is 4.96 Å². The fraction of sp³-hybridized carbons (Fsp3) is 0.400. The van der Waals surface area contributed by atoms with Crippen molar-refractivity contribution in [3.8, 4) is 5.75 Å². The molecule has 3 aromatic rings. The molecule has 1 N–H and O–H groups in total. The Bertz CT molecular complexity index is 773. The Balaban J connectivity index is 1.64. The minimum absolute atomic E-state index is 0.294. The third-order valence-corrected chi connectivity index (χ3v) is 4.94. The molecule has 21 heavy (non-hydrogen) atoms. The van der Waals surface area contributed by atoms with Crippen LogP contribution in [-0.4, -0.2) is 24.9 Å². The third kappa shape index (κ3) is 2.40. The molecular formula is C15H16N4OS. The highest BCUT2D eigenvalue weighted by atomic mass is 32.1. The van der Waals surface area contributed by atoms with E-state index in [1.165, 1.54) is 25.7 Å². The number of hydrogen-bond acceptors (Lipinski definition) is 5. The minimum Gasteiger partial charge on any atom is -0.508 e. The van der Waals surface area contributed by atoms with Crippen molar-refractivity contribution in [1.29, 1.82) is 0 Å². The average molecular weight is 300 g/mol. The molecule has 0 spiro atoms. The highest BCUT2D eigenvalue weighted by Crippen LogP contribution is 2.33. The zero-order chi connectivity index (χ0) is 14.2. The summed E-state index contributed by atoms with van der Waals surface area (Å²) < 4.78 is 1.92. The Morgan fingerprint density at radius 3 is 2.90 bits per heavy atom. The van der Waals surface area contributed by atoms with Gasteiger partial charge in [-0.25, -0.2) is 0 Å². The number of rotatable bonds is 3. The van der Waals surface area contributed by atoms with Gasteiger partial charge in [-0.15, -0.1) is 10.2 Å². The summed E-state index contributed by atoms with van der Waals surface area (Å²) >= 11 is 1.57. The Morgan fingerprint density at radius 1 is 1.24 bits per heavy atom. The summed E-state index contributed by atoms with van der Waals surface area (Å²) in [4.78, 5) is 0.868. The number of fused-ring (bicyclic) bond motifs is 1. The van der Waals surface area contributed by atoms with Gasteiger partial charge in [0.15, 0.2) is 5.82 Å². The topological polar surface area (TPSA) is 63.3 Å². The lowest BCUT2D eigenvalue weighted by Gasteiger charge is -2.03. The van der Waals surface area contributed by atoms with Crippen LogP contribution in [-0.2, 0) is 6.42 Å². The molecule has 1 aliphatic carbocycles. The monoisotopic (exact) mass is 300 g/mol. The van der Waals surface area contributed by atoms with Crippen LogP contribution in [0.25, 0.3) is 4.96 Å². The smallest absolute Gasteiger partial charge is 0.234 e. The van der Waals surface area contributed by atoms with Crippen molar-refractivity contribution < 1.29 is 5.11 Å². The van der Waals surface area contributed by atoms with E-state index in [0.29, 0.717) is 18.1 Å². The Hall–Kier alpha value is -1.95. The molecule has 6 heteroatoms. The Morgan fingerprint density at radius 2 is 2.10 bits per heavy atom. The first-order chi connectivity index (χ1) is 10.3. The Kier molecular flexibility index (Phi) is 3.11. The predicted octanol–water partition coefficient (Wildman–Crippen LogP) is 3.14. The van der Waals surface area contributed by atoms with Crippen molar-refractivity contribution in [3.05, 3.63) is 40.7 Å². The summed E-state index contributed by atoms with van der Waals surface area (Å²) in [6.45, 7) is 0. The van der Waals surface area contributed by atoms with Gasteiger partial charge in [-0.05, 0) is 30.5 Å². The molecule has 0 bridgehead atoms. The van der Waals surface area contributed by atoms with Crippen molar-refractivity contribution in [1.82, 2.24) is 19.8 Å². The molecule has 108 valence electrons. The summed E-state index contributed by atoms with van der Waals surface area (Å²) in [7, 11) is 0. The van der Waals surface area contributed by atoms with Crippen LogP contribution in [0.4, 0.5) is 0 Å². The summed E-state index contributed by atoms with van der Waals surface area (Å²) in [5.41, 5.74) is 1.06. The van der Waals surface area contributed by atoms with Gasteiger partial charge in [0.05, 0.1) is 0 Å². The molecule has 0 amide bonds. The van der Waals surface area contributed by atoms with E-state index in [4.69, 9.17) is 0 Å². The fourth-order valence-electron chi connectivity index (χ4n) is 3.02. The molecule has 1 fully saturated rings. The van der Waals surface area contributed by atoms with Gasteiger partial charge < -0.3 is 5.11 Å². The summed E-state index contributed by atoms with van der Waals surface area (Å²) in [6.07, 6.45) is 5.66. The van der Waals surface area contributed by atoms with Gasteiger partial charge in [0.25, 0.3) is 0 Å². The molecule has 1 aromatic carbocycles. The zero-order valence-electron chi connectivity index (χ0n) is 11.6. The van der Waals surface area contributed by atoms with Gasteiger partial charge in [-0.3, -0.25) is 0 Å². The van der Waals surface area contributed by atoms with E-state index < -0.39 is 0 Å². The molecule has 2 aromatic heterocycles. The number of benzene rings is 1. The molecule has 1 aliphatic rings. The average Bonchev–Trinajstić information content (AvgIpc) is 3.14. The van der Waals surface area contributed by atoms with Crippen LogP contribution in [0.5, 0.6) is 5.75 Å². The number of aromatic hydroxyl groups is 1. The van der Waals surface area contributed by atoms with E-state index in [-0.39, 0.29) is 0 Å². The normalized spacial score (nSPS) is 16.0. The Labute approximate surface area is 126 Å². The lowest BCUT2D eigenvalue weighted by atomic mass is 10.1. The number of phenols is 1. The van der Waals surface area contributed by atoms with Gasteiger partial charge in [0, 0.05) is 12.3 Å². The van der Waals surface area contributed by atoms with Gasteiger partial charge in [-0.1, -0.05) is 36.3 Å². The van der Waals surface area contributed by atoms with Crippen LogP contribution in [0.2, 0.25) is 0 Å². The lowest BCUT2D eigenvalue weighted by Crippen LogP contribution is -2.01. The maximum atomic E-state index is 9.53. The van der Waals surface area contributed by atoms with E-state index in [9.17, 15) is 5.11 Å². The largest absolute Gasteiger partial charge is 0.508 e. The first kappa shape index (κ1) is 12.8. The molecule has 0 atom stereocenters. The van der Waals surface area contributed by atoms with E-state index in [0.717, 1.165) is 21.4 Å². The molecule has 1 saturated carbocycles. The zero-order valence-corrected chi connectivity index (χ0v) is 12.4. The second kappa shape index (κ2) is 5.11. The highest BCUT2D eigenvalue weighted by Gasteiger charge is 2.24. The standard InChI is InChI=1S/C15H16N4OS/c20-12-7-3-4-10(8-12)9-13-18-19-14(11-5-1-2-6-11)16-17-15(19)21-13/h3-4,7-8,11,20H,1-2,5-6,9H2. The maximum absolute atomic E-state index is 9.53. The van der Waals surface area contributed by atoms with E-state index in [1.807, 2.05) is 16.6 Å². The molecule has 0 radical (unpaired) electrons. The van der Waals surface area contributed by atoms with E-state index in [2.05, 4.69) is 15.3 Å². The van der Waals surface area contributed by atoms with Crippen molar-refractivity contribution in [2.45, 2.75) is 38.0 Å². The number of hydrogen-bond donors (Lipinski definition) is 1. The van der Waals surface area contributed by atoms with Crippen molar-refractivity contribution in [3.63, 3.8) is 0 Å². The fourth-order valence-corrected chi connectivity index (χ4v) is 3.90. The van der Waals surface area contributed by atoms with Crippen LogP contribution in [0.1, 0.15) is 48.0 Å². The molecule has 0 unspecified atom stereocenters. The molecule has 5 nitrogen and oxygen atoms in total. The molecule has 0 saturated heterocycles. The third-order valence-electron chi connectivity index (χ3n) is 4.04. The van der Waals surface area contributed by atoms with Crippen LogP contribution < -0.4 is 0 Å². The molecule has 0 aliphatic heterocycles. The van der Waals surface area contributed by atoms with Crippen LogP contribution in [0.15, 0.2) is 24.3 Å². The summed E-state index contributed by atoms with van der Waals surface area (Å²) in [5, 5.41) is 23.8. The molecule has 2 heterocycles. The number of aromatic nitrogens is 4. The van der Waals surface area contributed by atoms with Crippen molar-refractivity contribution >= 4 is 16.3 Å².